The van der Waals surface area contributed by atoms with Crippen molar-refractivity contribution in [1.29, 1.82) is 0 Å². The van der Waals surface area contributed by atoms with Gasteiger partial charge in [0, 0.05) is 6.07 Å². The van der Waals surface area contributed by atoms with Gasteiger partial charge in [-0.15, -0.1) is 0 Å². The van der Waals surface area contributed by atoms with Crippen molar-refractivity contribution in [2.45, 2.75) is 17.6 Å². The minimum absolute atomic E-state index is 0.0365. The number of benzene rings is 1. The highest BCUT2D eigenvalue weighted by Gasteiger charge is 2.18. The summed E-state index contributed by atoms with van der Waals surface area (Å²) in [5.41, 5.74) is 0.640. The van der Waals surface area contributed by atoms with E-state index in [1.807, 2.05) is 0 Å². The number of nitrogens with zero attached hydrogens (tertiary/aromatic N) is 1. The fourth-order valence-corrected chi connectivity index (χ4v) is 2.79. The number of aromatic nitrogens is 1. The number of hydrogen-bond donors (Lipinski definition) is 1. The number of carboxylic acids is 1. The van der Waals surface area contributed by atoms with Crippen LogP contribution < -0.4 is 0 Å². The lowest BCUT2D eigenvalue weighted by Gasteiger charge is -2.02. The lowest BCUT2D eigenvalue weighted by Crippen LogP contribution is -2.05. The zero-order valence-corrected chi connectivity index (χ0v) is 10.8. The highest BCUT2D eigenvalue weighted by molar-refractivity contribution is 7.90. The highest BCUT2D eigenvalue weighted by Crippen LogP contribution is 2.17. The number of hydrogen-bond acceptors (Lipinski definition) is 5. The van der Waals surface area contributed by atoms with Crippen molar-refractivity contribution in [3.63, 3.8) is 0 Å². The van der Waals surface area contributed by atoms with Gasteiger partial charge in [-0.05, 0) is 31.2 Å². The molecule has 0 aliphatic rings. The van der Waals surface area contributed by atoms with Gasteiger partial charge in [-0.1, -0.05) is 5.16 Å². The number of sulfone groups is 1. The van der Waals surface area contributed by atoms with Crippen molar-refractivity contribution in [3.8, 4) is 0 Å². The van der Waals surface area contributed by atoms with E-state index in [-0.39, 0.29) is 22.0 Å². The summed E-state index contributed by atoms with van der Waals surface area (Å²) in [6.07, 6.45) is 0. The van der Waals surface area contributed by atoms with Crippen molar-refractivity contribution in [3.05, 3.63) is 47.3 Å². The first-order valence-corrected chi connectivity index (χ1v) is 7.02. The van der Waals surface area contributed by atoms with Crippen LogP contribution in [0.4, 0.5) is 0 Å². The van der Waals surface area contributed by atoms with Gasteiger partial charge in [0.2, 0.25) is 0 Å². The Morgan fingerprint density at radius 3 is 2.42 bits per heavy atom. The molecule has 2 aromatic rings. The Labute approximate surface area is 109 Å². The molecule has 0 aliphatic heterocycles. The molecule has 19 heavy (non-hydrogen) atoms. The average molecular weight is 281 g/mol. The smallest absolute Gasteiger partial charge is 0.335 e. The topological polar surface area (TPSA) is 97.5 Å². The van der Waals surface area contributed by atoms with Crippen molar-refractivity contribution in [1.82, 2.24) is 5.16 Å². The molecule has 0 bridgehead atoms. The Morgan fingerprint density at radius 1 is 1.32 bits per heavy atom. The summed E-state index contributed by atoms with van der Waals surface area (Å²) < 4.78 is 29.0. The van der Waals surface area contributed by atoms with E-state index in [9.17, 15) is 13.2 Å². The monoisotopic (exact) mass is 281 g/mol. The molecule has 2 rings (SSSR count). The van der Waals surface area contributed by atoms with E-state index >= 15 is 0 Å². The molecule has 1 aromatic carbocycles. The van der Waals surface area contributed by atoms with Gasteiger partial charge in [-0.25, -0.2) is 13.2 Å². The zero-order chi connectivity index (χ0) is 14.0. The van der Waals surface area contributed by atoms with Gasteiger partial charge in [-0.3, -0.25) is 0 Å². The summed E-state index contributed by atoms with van der Waals surface area (Å²) >= 11 is 0. The van der Waals surface area contributed by atoms with Crippen molar-refractivity contribution in [2.24, 2.45) is 0 Å². The van der Waals surface area contributed by atoms with Crippen LogP contribution in [0.3, 0.4) is 0 Å². The first-order valence-electron chi connectivity index (χ1n) is 5.37. The van der Waals surface area contributed by atoms with Crippen molar-refractivity contribution in [2.75, 3.05) is 0 Å². The van der Waals surface area contributed by atoms with Gasteiger partial charge in [0.15, 0.2) is 15.6 Å². The Morgan fingerprint density at radius 2 is 1.95 bits per heavy atom. The maximum Gasteiger partial charge on any atom is 0.335 e. The van der Waals surface area contributed by atoms with Gasteiger partial charge < -0.3 is 9.63 Å². The van der Waals surface area contributed by atoms with Crippen LogP contribution in [0.2, 0.25) is 0 Å². The van der Waals surface area contributed by atoms with E-state index in [4.69, 9.17) is 9.63 Å². The van der Waals surface area contributed by atoms with E-state index in [0.29, 0.717) is 5.69 Å². The molecule has 1 aromatic heterocycles. The van der Waals surface area contributed by atoms with Crippen LogP contribution in [-0.4, -0.2) is 24.7 Å². The molecule has 7 heteroatoms. The van der Waals surface area contributed by atoms with Gasteiger partial charge >= 0.3 is 5.97 Å². The lowest BCUT2D eigenvalue weighted by atomic mass is 10.2. The van der Waals surface area contributed by atoms with Gasteiger partial charge in [-0.2, -0.15) is 0 Å². The predicted molar refractivity (Wildman–Crippen MR) is 65.5 cm³/mol. The summed E-state index contributed by atoms with van der Waals surface area (Å²) in [4.78, 5) is 10.7. The Bertz CT molecular complexity index is 700. The van der Waals surface area contributed by atoms with Crippen LogP contribution >= 0.6 is 0 Å². The van der Waals surface area contributed by atoms with Crippen LogP contribution in [0.5, 0.6) is 0 Å². The van der Waals surface area contributed by atoms with Gasteiger partial charge in [0.1, 0.15) is 5.75 Å². The van der Waals surface area contributed by atoms with Crippen LogP contribution in [-0.2, 0) is 15.6 Å². The number of aryl methyl sites for hydroxylation is 1. The zero-order valence-electron chi connectivity index (χ0n) is 10.0. The normalized spacial score (nSPS) is 11.4. The fraction of sp³-hybridized carbons (Fsp3) is 0.167. The van der Waals surface area contributed by atoms with Crippen LogP contribution in [0.1, 0.15) is 21.8 Å². The molecular weight excluding hydrogens is 270 g/mol. The molecule has 0 spiro atoms. The lowest BCUT2D eigenvalue weighted by molar-refractivity contribution is 0.0696. The largest absolute Gasteiger partial charge is 0.478 e. The highest BCUT2D eigenvalue weighted by atomic mass is 32.2. The SMILES string of the molecule is Cc1cc(CS(=O)(=O)c2ccc(C(=O)O)cc2)on1. The number of carbonyl (C=O) groups is 1. The number of carboxylic acid groups (broad SMARTS) is 1. The predicted octanol–water partition coefficient (Wildman–Crippen LogP) is 1.66. The van der Waals surface area contributed by atoms with Crippen molar-refractivity contribution < 1.29 is 22.8 Å². The molecule has 0 amide bonds. The molecule has 0 unspecified atom stereocenters. The molecule has 0 radical (unpaired) electrons. The van der Waals surface area contributed by atoms with Gasteiger partial charge in [0.05, 0.1) is 16.2 Å². The summed E-state index contributed by atoms with van der Waals surface area (Å²) in [5.74, 6) is -1.16. The fourth-order valence-electron chi connectivity index (χ4n) is 1.56. The third kappa shape index (κ3) is 3.00. The van der Waals surface area contributed by atoms with Gasteiger partial charge in [0.25, 0.3) is 0 Å². The Balaban J connectivity index is 2.26. The Kier molecular flexibility index (Phi) is 3.39. The third-order valence-corrected chi connectivity index (χ3v) is 4.12. The first-order chi connectivity index (χ1) is 8.88. The summed E-state index contributed by atoms with van der Waals surface area (Å²) in [7, 11) is -3.57. The maximum absolute atomic E-state index is 12.1. The average Bonchev–Trinajstić information content (AvgIpc) is 2.74. The standard InChI is InChI=1S/C12H11NO5S/c1-8-6-10(18-13-8)7-19(16,17)11-4-2-9(3-5-11)12(14)15/h2-6H,7H2,1H3,(H,14,15). The second kappa shape index (κ2) is 4.85. The summed E-state index contributed by atoms with van der Waals surface area (Å²) in [6, 6.07) is 6.58. The molecule has 0 saturated heterocycles. The van der Waals surface area contributed by atoms with Crippen molar-refractivity contribution >= 4 is 15.8 Å². The molecule has 0 aliphatic carbocycles. The first kappa shape index (κ1) is 13.3. The van der Waals surface area contributed by atoms with Crippen LogP contribution in [0, 0.1) is 6.92 Å². The second-order valence-electron chi connectivity index (χ2n) is 4.02. The molecule has 100 valence electrons. The van der Waals surface area contributed by atoms with Crippen LogP contribution in [0.25, 0.3) is 0 Å². The maximum atomic E-state index is 12.1. The molecule has 1 heterocycles. The molecule has 0 saturated carbocycles. The minimum atomic E-state index is -3.57. The van der Waals surface area contributed by atoms with E-state index in [2.05, 4.69) is 5.16 Å². The second-order valence-corrected chi connectivity index (χ2v) is 6.01. The molecule has 0 fully saturated rings. The minimum Gasteiger partial charge on any atom is -0.478 e. The van der Waals surface area contributed by atoms with E-state index in [1.54, 1.807) is 13.0 Å². The summed E-state index contributed by atoms with van der Waals surface area (Å²) in [6.45, 7) is 1.70. The molecule has 1 N–H and O–H groups in total. The Hall–Kier alpha value is -2.15. The molecule has 6 nitrogen and oxygen atoms in total. The van der Waals surface area contributed by atoms with E-state index in [0.717, 1.165) is 0 Å². The van der Waals surface area contributed by atoms with E-state index in [1.165, 1.54) is 24.3 Å². The van der Waals surface area contributed by atoms with E-state index < -0.39 is 15.8 Å². The summed E-state index contributed by atoms with van der Waals surface area (Å²) in [5, 5.41) is 12.4. The van der Waals surface area contributed by atoms with Crippen LogP contribution in [0.15, 0.2) is 39.8 Å². The third-order valence-electron chi connectivity index (χ3n) is 2.47. The number of aromatic carboxylic acids is 1. The molecular formula is C12H11NO5S. The molecule has 0 atom stereocenters. The quantitative estimate of drug-likeness (QED) is 0.915. The number of rotatable bonds is 4.